The maximum atomic E-state index is 13.0. The molecule has 1 unspecified atom stereocenters. The van der Waals surface area contributed by atoms with E-state index in [0.717, 1.165) is 25.7 Å². The zero-order valence-electron chi connectivity index (χ0n) is 25.6. The molecule has 36 heavy (non-hydrogen) atoms. The van der Waals surface area contributed by atoms with Crippen molar-refractivity contribution in [2.24, 2.45) is 5.41 Å². The average molecular weight is 509 g/mol. The van der Waals surface area contributed by atoms with Gasteiger partial charge in [-0.3, -0.25) is 4.79 Å². The normalized spacial score (nSPS) is 13.1. The van der Waals surface area contributed by atoms with Gasteiger partial charge in [0.1, 0.15) is 0 Å². The summed E-state index contributed by atoms with van der Waals surface area (Å²) in [7, 11) is 0. The smallest absolute Gasteiger partial charge is 0.311 e. The molecule has 216 valence electrons. The topological polar surface area (TPSA) is 26.3 Å². The second kappa shape index (κ2) is 27.5. The van der Waals surface area contributed by atoms with Crippen LogP contribution in [0.3, 0.4) is 0 Å². The molecule has 0 radical (unpaired) electrons. The molecule has 2 nitrogen and oxygen atoms in total. The molecule has 0 rings (SSSR count). The summed E-state index contributed by atoms with van der Waals surface area (Å²) in [6.45, 7) is 9.61. The zero-order valence-corrected chi connectivity index (χ0v) is 25.6. The summed E-state index contributed by atoms with van der Waals surface area (Å²) in [5.74, 6) is 0.0807. The fraction of sp³-hybridized carbons (Fsp3) is 0.971. The molecule has 0 spiro atoms. The molecule has 0 aromatic carbocycles. The van der Waals surface area contributed by atoms with Crippen LogP contribution in [0.5, 0.6) is 0 Å². The van der Waals surface area contributed by atoms with E-state index in [4.69, 9.17) is 4.74 Å². The molecule has 0 aliphatic heterocycles. The van der Waals surface area contributed by atoms with Crippen molar-refractivity contribution in [1.29, 1.82) is 0 Å². The van der Waals surface area contributed by atoms with Gasteiger partial charge in [-0.15, -0.1) is 0 Å². The SMILES string of the molecule is CCCCCCCCCCCCCCCOC(=O)C(C)(CCCCC)CCCCCCCCCCC. The minimum Gasteiger partial charge on any atom is -0.465 e. The molecule has 0 N–H and O–H groups in total. The number of rotatable bonds is 29. The molecular formula is C34H68O2. The summed E-state index contributed by atoms with van der Waals surface area (Å²) >= 11 is 0. The van der Waals surface area contributed by atoms with Crippen LogP contribution in [0.1, 0.15) is 201 Å². The Kier molecular flexibility index (Phi) is 27.1. The summed E-state index contributed by atoms with van der Waals surface area (Å²) in [6.07, 6.45) is 35.1. The predicted octanol–water partition coefficient (Wildman–Crippen LogP) is 12.1. The third-order valence-electron chi connectivity index (χ3n) is 8.14. The Morgan fingerprint density at radius 3 is 1.11 bits per heavy atom. The van der Waals surface area contributed by atoms with E-state index in [9.17, 15) is 4.79 Å². The van der Waals surface area contributed by atoms with Crippen LogP contribution in [0.4, 0.5) is 0 Å². The van der Waals surface area contributed by atoms with Crippen LogP contribution >= 0.6 is 0 Å². The van der Waals surface area contributed by atoms with Gasteiger partial charge in [-0.1, -0.05) is 175 Å². The van der Waals surface area contributed by atoms with Gasteiger partial charge in [0, 0.05) is 0 Å². The molecule has 0 aliphatic rings. The summed E-state index contributed by atoms with van der Waals surface area (Å²) in [5.41, 5.74) is -0.271. The van der Waals surface area contributed by atoms with Crippen LogP contribution in [0, 0.1) is 5.41 Å². The molecule has 0 amide bonds. The van der Waals surface area contributed by atoms with Gasteiger partial charge >= 0.3 is 5.97 Å². The minimum absolute atomic E-state index is 0.0807. The number of hydrogen-bond acceptors (Lipinski definition) is 2. The van der Waals surface area contributed by atoms with Crippen molar-refractivity contribution < 1.29 is 9.53 Å². The number of carbonyl (C=O) groups excluding carboxylic acids is 1. The van der Waals surface area contributed by atoms with Crippen LogP contribution in [-0.4, -0.2) is 12.6 Å². The van der Waals surface area contributed by atoms with Gasteiger partial charge in [-0.05, 0) is 26.2 Å². The van der Waals surface area contributed by atoms with Crippen LogP contribution in [0.15, 0.2) is 0 Å². The van der Waals surface area contributed by atoms with Gasteiger partial charge < -0.3 is 4.74 Å². The van der Waals surface area contributed by atoms with E-state index in [0.29, 0.717) is 6.61 Å². The maximum absolute atomic E-state index is 13.0. The quantitative estimate of drug-likeness (QED) is 0.0741. The lowest BCUT2D eigenvalue weighted by Gasteiger charge is -2.27. The number of hydrogen-bond donors (Lipinski definition) is 0. The number of ether oxygens (including phenoxy) is 1. The Hall–Kier alpha value is -0.530. The van der Waals surface area contributed by atoms with E-state index in [-0.39, 0.29) is 11.4 Å². The highest BCUT2D eigenvalue weighted by atomic mass is 16.5. The van der Waals surface area contributed by atoms with Crippen molar-refractivity contribution in [1.82, 2.24) is 0 Å². The Labute approximate surface area is 228 Å². The summed E-state index contributed by atoms with van der Waals surface area (Å²) in [6, 6.07) is 0. The molecule has 0 saturated carbocycles. The first-order chi connectivity index (χ1) is 17.6. The highest BCUT2D eigenvalue weighted by Crippen LogP contribution is 2.33. The van der Waals surface area contributed by atoms with Crippen molar-refractivity contribution in [2.45, 2.75) is 201 Å². The van der Waals surface area contributed by atoms with Gasteiger partial charge in [-0.2, -0.15) is 0 Å². The lowest BCUT2D eigenvalue weighted by atomic mass is 9.79. The number of carbonyl (C=O) groups is 1. The molecule has 0 aromatic rings. The highest BCUT2D eigenvalue weighted by Gasteiger charge is 2.33. The average Bonchev–Trinajstić information content (AvgIpc) is 2.88. The predicted molar refractivity (Wildman–Crippen MR) is 161 cm³/mol. The van der Waals surface area contributed by atoms with Crippen molar-refractivity contribution in [3.63, 3.8) is 0 Å². The fourth-order valence-corrected chi connectivity index (χ4v) is 5.38. The summed E-state index contributed by atoms with van der Waals surface area (Å²) < 4.78 is 5.83. The second-order valence-corrected chi connectivity index (χ2v) is 12.0. The Balaban J connectivity index is 3.89. The van der Waals surface area contributed by atoms with Gasteiger partial charge in [0.05, 0.1) is 12.0 Å². The van der Waals surface area contributed by atoms with Crippen LogP contribution in [-0.2, 0) is 9.53 Å². The third-order valence-corrected chi connectivity index (χ3v) is 8.14. The van der Waals surface area contributed by atoms with Crippen LogP contribution < -0.4 is 0 Å². The van der Waals surface area contributed by atoms with Crippen molar-refractivity contribution in [3.8, 4) is 0 Å². The molecule has 0 aliphatic carbocycles. The molecule has 0 fully saturated rings. The van der Waals surface area contributed by atoms with Gasteiger partial charge in [0.25, 0.3) is 0 Å². The van der Waals surface area contributed by atoms with E-state index in [2.05, 4.69) is 27.7 Å². The first-order valence-electron chi connectivity index (χ1n) is 16.8. The van der Waals surface area contributed by atoms with E-state index >= 15 is 0 Å². The lowest BCUT2D eigenvalue weighted by Crippen LogP contribution is -2.30. The molecule has 1 atom stereocenters. The fourth-order valence-electron chi connectivity index (χ4n) is 5.38. The molecule has 2 heteroatoms. The molecule has 0 aromatic heterocycles. The summed E-state index contributed by atoms with van der Waals surface area (Å²) in [4.78, 5) is 13.0. The first kappa shape index (κ1) is 35.5. The zero-order chi connectivity index (χ0) is 26.6. The number of unbranched alkanes of at least 4 members (excludes halogenated alkanes) is 22. The van der Waals surface area contributed by atoms with Gasteiger partial charge in [-0.25, -0.2) is 0 Å². The van der Waals surface area contributed by atoms with Crippen LogP contribution in [0.25, 0.3) is 0 Å². The monoisotopic (exact) mass is 509 g/mol. The maximum Gasteiger partial charge on any atom is 0.311 e. The lowest BCUT2D eigenvalue weighted by molar-refractivity contribution is -0.156. The van der Waals surface area contributed by atoms with Gasteiger partial charge in [0.2, 0.25) is 0 Å². The van der Waals surface area contributed by atoms with Crippen molar-refractivity contribution >= 4 is 5.97 Å². The molecule has 0 saturated heterocycles. The molecule has 0 heterocycles. The molecule has 0 bridgehead atoms. The largest absolute Gasteiger partial charge is 0.465 e. The first-order valence-corrected chi connectivity index (χ1v) is 16.8. The second-order valence-electron chi connectivity index (χ2n) is 12.0. The van der Waals surface area contributed by atoms with E-state index < -0.39 is 0 Å². The highest BCUT2D eigenvalue weighted by molar-refractivity contribution is 5.76. The Morgan fingerprint density at radius 1 is 0.444 bits per heavy atom. The van der Waals surface area contributed by atoms with Crippen molar-refractivity contribution in [2.75, 3.05) is 6.61 Å². The Bertz CT molecular complexity index is 446. The summed E-state index contributed by atoms with van der Waals surface area (Å²) in [5, 5.41) is 0. The Morgan fingerprint density at radius 2 is 0.722 bits per heavy atom. The van der Waals surface area contributed by atoms with Crippen LogP contribution in [0.2, 0.25) is 0 Å². The van der Waals surface area contributed by atoms with Gasteiger partial charge in [0.15, 0.2) is 0 Å². The van der Waals surface area contributed by atoms with Crippen molar-refractivity contribution in [3.05, 3.63) is 0 Å². The third kappa shape index (κ3) is 22.7. The standard InChI is InChI=1S/C34H68O2/c1-5-8-11-13-15-17-18-19-20-22-24-26-29-32-36-33(35)34(4,30-27-10-7-3)31-28-25-23-21-16-14-12-9-6-2/h5-32H2,1-4H3. The number of esters is 1. The minimum atomic E-state index is -0.271. The van der Waals surface area contributed by atoms with E-state index in [1.165, 1.54) is 148 Å². The van der Waals surface area contributed by atoms with E-state index in [1.54, 1.807) is 0 Å². The van der Waals surface area contributed by atoms with E-state index in [1.807, 2.05) is 0 Å². The molecular weight excluding hydrogens is 440 g/mol.